The van der Waals surface area contributed by atoms with E-state index >= 15 is 0 Å². The molecule has 1 aromatic heterocycles. The molecule has 0 saturated heterocycles. The van der Waals surface area contributed by atoms with Gasteiger partial charge in [0, 0.05) is 22.0 Å². The number of benzene rings is 2. The quantitative estimate of drug-likeness (QED) is 0.613. The molecule has 0 saturated carbocycles. The summed E-state index contributed by atoms with van der Waals surface area (Å²) in [6.07, 6.45) is 1.99. The van der Waals surface area contributed by atoms with Gasteiger partial charge >= 0.3 is 0 Å². The van der Waals surface area contributed by atoms with E-state index in [0.29, 0.717) is 4.91 Å². The molecule has 0 atom stereocenters. The van der Waals surface area contributed by atoms with Crippen LogP contribution in [0.25, 0.3) is 11.8 Å². The first-order valence-electron chi connectivity index (χ1n) is 8.59. The third-order valence-electron chi connectivity index (χ3n) is 4.60. The maximum atomic E-state index is 12.5. The van der Waals surface area contributed by atoms with Crippen LogP contribution < -0.4 is 5.32 Å². The summed E-state index contributed by atoms with van der Waals surface area (Å²) in [6, 6.07) is 18.5. The SMILES string of the molecule is Cc1cccc(-n2c(C)cc(/C=C3/Sc4ccccc4NC3=O)c2C)c1. The highest BCUT2D eigenvalue weighted by molar-refractivity contribution is 8.04. The Morgan fingerprint density at radius 2 is 1.81 bits per heavy atom. The standard InChI is InChI=1S/C22H20N2OS/c1-14-7-6-8-18(11-14)24-15(2)12-17(16(24)3)13-21-22(25)23-19-9-4-5-10-20(19)26-21/h4-13H,1-3H3,(H,23,25)/b21-13+. The molecule has 1 amide bonds. The minimum atomic E-state index is -0.0472. The van der Waals surface area contributed by atoms with Crippen molar-refractivity contribution in [3.05, 3.63) is 82.0 Å². The van der Waals surface area contributed by atoms with Gasteiger partial charge in [-0.05, 0) is 68.3 Å². The first kappa shape index (κ1) is 16.7. The molecule has 4 heteroatoms. The second-order valence-electron chi connectivity index (χ2n) is 6.56. The van der Waals surface area contributed by atoms with E-state index in [4.69, 9.17) is 0 Å². The number of hydrogen-bond donors (Lipinski definition) is 1. The lowest BCUT2D eigenvalue weighted by Crippen LogP contribution is -2.17. The smallest absolute Gasteiger partial charge is 0.262 e. The van der Waals surface area contributed by atoms with E-state index in [1.54, 1.807) is 0 Å². The minimum Gasteiger partial charge on any atom is -0.320 e. The van der Waals surface area contributed by atoms with Crippen molar-refractivity contribution in [3.8, 4) is 5.69 Å². The zero-order chi connectivity index (χ0) is 18.3. The topological polar surface area (TPSA) is 34.0 Å². The fourth-order valence-electron chi connectivity index (χ4n) is 3.34. The Morgan fingerprint density at radius 1 is 1.00 bits per heavy atom. The Labute approximate surface area is 157 Å². The Hall–Kier alpha value is -2.72. The molecule has 4 rings (SSSR count). The number of amides is 1. The van der Waals surface area contributed by atoms with E-state index in [1.165, 1.54) is 17.3 Å². The predicted octanol–water partition coefficient (Wildman–Crippen LogP) is 5.49. The van der Waals surface area contributed by atoms with Crippen molar-refractivity contribution in [1.82, 2.24) is 4.57 Å². The molecule has 130 valence electrons. The van der Waals surface area contributed by atoms with Crippen LogP contribution in [0, 0.1) is 20.8 Å². The largest absolute Gasteiger partial charge is 0.320 e. The lowest BCUT2D eigenvalue weighted by atomic mass is 10.2. The normalized spacial score (nSPS) is 15.0. The van der Waals surface area contributed by atoms with E-state index < -0.39 is 0 Å². The molecule has 1 aliphatic heterocycles. The summed E-state index contributed by atoms with van der Waals surface area (Å²) in [6.45, 7) is 6.29. The van der Waals surface area contributed by atoms with Gasteiger partial charge in [0.25, 0.3) is 5.91 Å². The monoisotopic (exact) mass is 360 g/mol. The Morgan fingerprint density at radius 3 is 2.62 bits per heavy atom. The predicted molar refractivity (Wildman–Crippen MR) is 109 cm³/mol. The highest BCUT2D eigenvalue weighted by Crippen LogP contribution is 2.39. The van der Waals surface area contributed by atoms with Gasteiger partial charge in [-0.15, -0.1) is 0 Å². The minimum absolute atomic E-state index is 0.0472. The van der Waals surface area contributed by atoms with E-state index in [1.807, 2.05) is 30.3 Å². The Bertz CT molecular complexity index is 1050. The highest BCUT2D eigenvalue weighted by atomic mass is 32.2. The number of para-hydroxylation sites is 1. The summed E-state index contributed by atoms with van der Waals surface area (Å²) in [5, 5.41) is 2.98. The van der Waals surface area contributed by atoms with Crippen LogP contribution in [0.2, 0.25) is 0 Å². The number of fused-ring (bicyclic) bond motifs is 1. The van der Waals surface area contributed by atoms with Gasteiger partial charge in [0.05, 0.1) is 10.6 Å². The molecule has 3 aromatic rings. The van der Waals surface area contributed by atoms with E-state index in [-0.39, 0.29) is 5.91 Å². The van der Waals surface area contributed by atoms with Crippen LogP contribution in [0.15, 0.2) is 64.4 Å². The van der Waals surface area contributed by atoms with Crippen molar-refractivity contribution in [2.45, 2.75) is 25.7 Å². The molecule has 0 spiro atoms. The number of carbonyl (C=O) groups excluding carboxylic acids is 1. The molecule has 1 aliphatic rings. The van der Waals surface area contributed by atoms with Crippen molar-refractivity contribution >= 4 is 29.4 Å². The number of carbonyl (C=O) groups is 1. The number of hydrogen-bond acceptors (Lipinski definition) is 2. The van der Waals surface area contributed by atoms with Crippen LogP contribution >= 0.6 is 11.8 Å². The van der Waals surface area contributed by atoms with E-state index in [2.05, 4.69) is 61.0 Å². The van der Waals surface area contributed by atoms with Crippen LogP contribution in [0.3, 0.4) is 0 Å². The van der Waals surface area contributed by atoms with E-state index in [9.17, 15) is 4.79 Å². The van der Waals surface area contributed by atoms with Gasteiger partial charge in [0.15, 0.2) is 0 Å². The number of anilines is 1. The van der Waals surface area contributed by atoms with Crippen molar-refractivity contribution < 1.29 is 4.79 Å². The maximum Gasteiger partial charge on any atom is 0.262 e. The van der Waals surface area contributed by atoms with Gasteiger partial charge in [0.1, 0.15) is 0 Å². The Kier molecular flexibility index (Phi) is 4.21. The lowest BCUT2D eigenvalue weighted by Gasteiger charge is -2.18. The summed E-state index contributed by atoms with van der Waals surface area (Å²) in [7, 11) is 0. The van der Waals surface area contributed by atoms with Crippen molar-refractivity contribution in [3.63, 3.8) is 0 Å². The van der Waals surface area contributed by atoms with Crippen molar-refractivity contribution in [2.24, 2.45) is 0 Å². The van der Waals surface area contributed by atoms with Gasteiger partial charge in [-0.3, -0.25) is 4.79 Å². The highest BCUT2D eigenvalue weighted by Gasteiger charge is 2.21. The van der Waals surface area contributed by atoms with Gasteiger partial charge in [0.2, 0.25) is 0 Å². The number of aromatic nitrogens is 1. The summed E-state index contributed by atoms with van der Waals surface area (Å²) < 4.78 is 2.23. The third kappa shape index (κ3) is 2.97. The number of nitrogens with one attached hydrogen (secondary N) is 1. The zero-order valence-electron chi connectivity index (χ0n) is 15.0. The molecule has 0 radical (unpaired) electrons. The molecule has 26 heavy (non-hydrogen) atoms. The van der Waals surface area contributed by atoms with Crippen LogP contribution in [0.5, 0.6) is 0 Å². The molecule has 0 fully saturated rings. The van der Waals surface area contributed by atoms with Crippen LogP contribution in [0.1, 0.15) is 22.5 Å². The molecule has 2 aromatic carbocycles. The van der Waals surface area contributed by atoms with Crippen LogP contribution in [0.4, 0.5) is 5.69 Å². The molecule has 0 bridgehead atoms. The average molecular weight is 360 g/mol. The number of nitrogens with zero attached hydrogens (tertiary/aromatic N) is 1. The average Bonchev–Trinajstić information content (AvgIpc) is 2.89. The zero-order valence-corrected chi connectivity index (χ0v) is 15.9. The van der Waals surface area contributed by atoms with Gasteiger partial charge in [-0.25, -0.2) is 0 Å². The number of thioether (sulfide) groups is 1. The van der Waals surface area contributed by atoms with Crippen LogP contribution in [-0.2, 0) is 4.79 Å². The first-order chi connectivity index (χ1) is 12.5. The Balaban J connectivity index is 1.75. The van der Waals surface area contributed by atoms with Gasteiger partial charge in [-0.2, -0.15) is 0 Å². The van der Waals surface area contributed by atoms with Crippen molar-refractivity contribution in [2.75, 3.05) is 5.32 Å². The van der Waals surface area contributed by atoms with Gasteiger partial charge < -0.3 is 9.88 Å². The summed E-state index contributed by atoms with van der Waals surface area (Å²) >= 11 is 1.52. The molecular weight excluding hydrogens is 340 g/mol. The van der Waals surface area contributed by atoms with E-state index in [0.717, 1.165) is 33.2 Å². The molecule has 0 aliphatic carbocycles. The number of aryl methyl sites for hydroxylation is 2. The second-order valence-corrected chi connectivity index (χ2v) is 7.65. The molecule has 1 N–H and O–H groups in total. The maximum absolute atomic E-state index is 12.5. The first-order valence-corrected chi connectivity index (χ1v) is 9.40. The summed E-state index contributed by atoms with van der Waals surface area (Å²) in [5.74, 6) is -0.0472. The lowest BCUT2D eigenvalue weighted by molar-refractivity contribution is -0.112. The molecule has 2 heterocycles. The van der Waals surface area contributed by atoms with Crippen LogP contribution in [-0.4, -0.2) is 10.5 Å². The van der Waals surface area contributed by atoms with Crippen molar-refractivity contribution in [1.29, 1.82) is 0 Å². The summed E-state index contributed by atoms with van der Waals surface area (Å²) in [5.41, 5.74) is 6.62. The molecule has 0 unspecified atom stereocenters. The number of rotatable bonds is 2. The molecule has 3 nitrogen and oxygen atoms in total. The van der Waals surface area contributed by atoms with Gasteiger partial charge in [-0.1, -0.05) is 36.0 Å². The third-order valence-corrected chi connectivity index (χ3v) is 5.69. The fourth-order valence-corrected chi connectivity index (χ4v) is 4.28. The molecular formula is C22H20N2OS. The fraction of sp³-hybridized carbons (Fsp3) is 0.136. The second kappa shape index (κ2) is 6.54. The summed E-state index contributed by atoms with van der Waals surface area (Å²) in [4.78, 5) is 14.3.